The van der Waals surface area contributed by atoms with Crippen LogP contribution in [-0.2, 0) is 4.74 Å². The van der Waals surface area contributed by atoms with Crippen LogP contribution in [0.5, 0.6) is 0 Å². The van der Waals surface area contributed by atoms with Gasteiger partial charge in [0.15, 0.2) is 0 Å². The Bertz CT molecular complexity index is 341. The molecule has 1 aliphatic rings. The molecule has 1 atom stereocenters. The first kappa shape index (κ1) is 10.1. The van der Waals surface area contributed by atoms with E-state index in [1.54, 1.807) is 24.3 Å². The summed E-state index contributed by atoms with van der Waals surface area (Å²) in [5.41, 5.74) is 1.33. The lowest BCUT2D eigenvalue weighted by molar-refractivity contribution is 0.0276. The van der Waals surface area contributed by atoms with E-state index in [2.05, 4.69) is 5.32 Å². The van der Waals surface area contributed by atoms with Crippen molar-refractivity contribution in [1.82, 2.24) is 5.32 Å². The van der Waals surface area contributed by atoms with E-state index < -0.39 is 5.97 Å². The third kappa shape index (κ3) is 2.34. The van der Waals surface area contributed by atoms with Crippen LogP contribution in [0.15, 0.2) is 24.3 Å². The number of carboxylic acid groups (broad SMARTS) is 1. The van der Waals surface area contributed by atoms with Gasteiger partial charge < -0.3 is 15.2 Å². The van der Waals surface area contributed by atoms with Crippen molar-refractivity contribution in [2.75, 3.05) is 19.7 Å². The van der Waals surface area contributed by atoms with Gasteiger partial charge in [-0.05, 0) is 17.7 Å². The van der Waals surface area contributed by atoms with Crippen molar-refractivity contribution in [3.63, 3.8) is 0 Å². The molecule has 0 aliphatic carbocycles. The fourth-order valence-corrected chi connectivity index (χ4v) is 1.62. The number of carbonyl (C=O) groups is 1. The van der Waals surface area contributed by atoms with Gasteiger partial charge in [-0.2, -0.15) is 0 Å². The fourth-order valence-electron chi connectivity index (χ4n) is 1.62. The maximum atomic E-state index is 10.6. The van der Waals surface area contributed by atoms with Gasteiger partial charge in [0, 0.05) is 13.1 Å². The number of benzene rings is 1. The van der Waals surface area contributed by atoms with Crippen molar-refractivity contribution >= 4 is 5.97 Å². The number of carboxylic acids is 1. The normalized spacial score (nSPS) is 21.2. The molecular formula is C11H13NO3. The van der Waals surface area contributed by atoms with Gasteiger partial charge in [0.25, 0.3) is 0 Å². The van der Waals surface area contributed by atoms with Crippen LogP contribution in [0.2, 0.25) is 0 Å². The fraction of sp³-hybridized carbons (Fsp3) is 0.364. The minimum absolute atomic E-state index is 0.0431. The number of ether oxygens (including phenoxy) is 1. The molecule has 0 bridgehead atoms. The lowest BCUT2D eigenvalue weighted by Crippen LogP contribution is -2.33. The number of aromatic carboxylic acids is 1. The van der Waals surface area contributed by atoms with E-state index in [0.29, 0.717) is 12.2 Å². The molecule has 2 rings (SSSR count). The van der Waals surface area contributed by atoms with Crippen LogP contribution in [0.4, 0.5) is 0 Å². The summed E-state index contributed by atoms with van der Waals surface area (Å²) in [6.07, 6.45) is 0.0431. The van der Waals surface area contributed by atoms with Gasteiger partial charge in [0.1, 0.15) is 0 Å². The van der Waals surface area contributed by atoms with E-state index in [1.165, 1.54) is 0 Å². The van der Waals surface area contributed by atoms with Gasteiger partial charge in [0.2, 0.25) is 0 Å². The van der Waals surface area contributed by atoms with Crippen LogP contribution in [-0.4, -0.2) is 30.8 Å². The van der Waals surface area contributed by atoms with E-state index in [0.717, 1.165) is 18.7 Å². The van der Waals surface area contributed by atoms with Crippen molar-refractivity contribution in [1.29, 1.82) is 0 Å². The van der Waals surface area contributed by atoms with Crippen LogP contribution in [0.1, 0.15) is 22.0 Å². The Kier molecular flexibility index (Phi) is 2.99. The summed E-state index contributed by atoms with van der Waals surface area (Å²) >= 11 is 0. The molecule has 0 amide bonds. The Morgan fingerprint density at radius 3 is 2.67 bits per heavy atom. The van der Waals surface area contributed by atoms with Crippen molar-refractivity contribution < 1.29 is 14.6 Å². The Morgan fingerprint density at radius 1 is 1.40 bits per heavy atom. The predicted octanol–water partition coefficient (Wildman–Crippen LogP) is 1.05. The van der Waals surface area contributed by atoms with Crippen LogP contribution in [0, 0.1) is 0 Å². The second-order valence-electron chi connectivity index (χ2n) is 3.49. The molecular weight excluding hydrogens is 194 g/mol. The molecule has 80 valence electrons. The summed E-state index contributed by atoms with van der Waals surface area (Å²) in [5.74, 6) is -0.899. The van der Waals surface area contributed by atoms with Gasteiger partial charge in [-0.3, -0.25) is 0 Å². The van der Waals surface area contributed by atoms with Crippen molar-refractivity contribution in [3.05, 3.63) is 35.4 Å². The van der Waals surface area contributed by atoms with E-state index in [4.69, 9.17) is 9.84 Å². The standard InChI is InChI=1S/C11H13NO3/c13-11(14)9-3-1-8(2-4-9)10-7-12-5-6-15-10/h1-4,10,12H,5-7H2,(H,13,14)/t10-/m1/s1. The molecule has 0 radical (unpaired) electrons. The Labute approximate surface area is 87.9 Å². The number of hydrogen-bond donors (Lipinski definition) is 2. The summed E-state index contributed by atoms with van der Waals surface area (Å²) in [7, 11) is 0. The first-order valence-electron chi connectivity index (χ1n) is 4.93. The molecule has 1 heterocycles. The quantitative estimate of drug-likeness (QED) is 0.761. The van der Waals surface area contributed by atoms with Crippen LogP contribution < -0.4 is 5.32 Å². The second kappa shape index (κ2) is 4.42. The second-order valence-corrected chi connectivity index (χ2v) is 3.49. The number of nitrogens with one attached hydrogen (secondary N) is 1. The van der Waals surface area contributed by atoms with Crippen LogP contribution in [0.25, 0.3) is 0 Å². The van der Waals surface area contributed by atoms with Crippen molar-refractivity contribution in [2.45, 2.75) is 6.10 Å². The molecule has 0 unspecified atom stereocenters. The van der Waals surface area contributed by atoms with Crippen molar-refractivity contribution in [3.8, 4) is 0 Å². The Balaban J connectivity index is 2.11. The zero-order valence-corrected chi connectivity index (χ0v) is 8.27. The highest BCUT2D eigenvalue weighted by molar-refractivity contribution is 5.87. The number of morpholine rings is 1. The van der Waals surface area contributed by atoms with E-state index in [1.807, 2.05) is 0 Å². The summed E-state index contributed by atoms with van der Waals surface area (Å²) in [6.45, 7) is 2.36. The third-order valence-electron chi connectivity index (χ3n) is 2.46. The van der Waals surface area contributed by atoms with Gasteiger partial charge in [-0.1, -0.05) is 12.1 Å². The number of hydrogen-bond acceptors (Lipinski definition) is 3. The molecule has 1 saturated heterocycles. The summed E-state index contributed by atoms with van der Waals surface area (Å²) < 4.78 is 5.55. The van der Waals surface area contributed by atoms with Crippen LogP contribution in [0.3, 0.4) is 0 Å². The molecule has 1 aliphatic heterocycles. The summed E-state index contributed by atoms with van der Waals surface area (Å²) in [6, 6.07) is 6.83. The van der Waals surface area contributed by atoms with Gasteiger partial charge in [-0.15, -0.1) is 0 Å². The summed E-state index contributed by atoms with van der Waals surface area (Å²) in [5, 5.41) is 12.0. The van der Waals surface area contributed by atoms with Crippen molar-refractivity contribution in [2.24, 2.45) is 0 Å². The molecule has 0 saturated carbocycles. The van der Waals surface area contributed by atoms with Crippen LogP contribution >= 0.6 is 0 Å². The predicted molar refractivity (Wildman–Crippen MR) is 55.0 cm³/mol. The van der Waals surface area contributed by atoms with E-state index in [-0.39, 0.29) is 6.10 Å². The van der Waals surface area contributed by atoms with E-state index >= 15 is 0 Å². The minimum Gasteiger partial charge on any atom is -0.478 e. The molecule has 2 N–H and O–H groups in total. The lowest BCUT2D eigenvalue weighted by Gasteiger charge is -2.23. The average molecular weight is 207 g/mol. The minimum atomic E-state index is -0.899. The molecule has 1 aromatic rings. The topological polar surface area (TPSA) is 58.6 Å². The zero-order valence-electron chi connectivity index (χ0n) is 8.27. The lowest BCUT2D eigenvalue weighted by atomic mass is 10.1. The maximum Gasteiger partial charge on any atom is 0.335 e. The largest absolute Gasteiger partial charge is 0.478 e. The van der Waals surface area contributed by atoms with Gasteiger partial charge in [0.05, 0.1) is 18.3 Å². The zero-order chi connectivity index (χ0) is 10.7. The molecule has 1 fully saturated rings. The number of rotatable bonds is 2. The highest BCUT2D eigenvalue weighted by Crippen LogP contribution is 2.18. The SMILES string of the molecule is O=C(O)c1ccc([C@H]2CNCCO2)cc1. The Hall–Kier alpha value is -1.39. The molecule has 15 heavy (non-hydrogen) atoms. The molecule has 0 aromatic heterocycles. The highest BCUT2D eigenvalue weighted by atomic mass is 16.5. The average Bonchev–Trinajstić information content (AvgIpc) is 2.30. The van der Waals surface area contributed by atoms with E-state index in [9.17, 15) is 4.79 Å². The molecule has 4 nitrogen and oxygen atoms in total. The molecule has 1 aromatic carbocycles. The first-order chi connectivity index (χ1) is 7.27. The summed E-state index contributed by atoms with van der Waals surface area (Å²) in [4.78, 5) is 10.6. The highest BCUT2D eigenvalue weighted by Gasteiger charge is 2.15. The molecule has 4 heteroatoms. The van der Waals surface area contributed by atoms with Gasteiger partial charge in [-0.25, -0.2) is 4.79 Å². The maximum absolute atomic E-state index is 10.6. The Morgan fingerprint density at radius 2 is 2.13 bits per heavy atom. The first-order valence-corrected chi connectivity index (χ1v) is 4.93. The monoisotopic (exact) mass is 207 g/mol. The third-order valence-corrected chi connectivity index (χ3v) is 2.46. The smallest absolute Gasteiger partial charge is 0.335 e. The van der Waals surface area contributed by atoms with Gasteiger partial charge >= 0.3 is 5.97 Å². The molecule has 0 spiro atoms.